The third-order valence-corrected chi connectivity index (χ3v) is 3.34. The normalized spacial score (nSPS) is 11.5. The van der Waals surface area contributed by atoms with Crippen LogP contribution in [0.3, 0.4) is 0 Å². The topological polar surface area (TPSA) is 56.8 Å². The average molecular weight is 315 g/mol. The third-order valence-electron chi connectivity index (χ3n) is 3.34. The number of rotatable bonds is 6. The minimum absolute atomic E-state index is 0.253. The summed E-state index contributed by atoms with van der Waals surface area (Å²) in [4.78, 5) is 12.3. The van der Waals surface area contributed by atoms with E-state index in [9.17, 15) is 4.79 Å². The van der Waals surface area contributed by atoms with Crippen LogP contribution >= 0.6 is 0 Å². The Hall–Kier alpha value is -2.69. The Labute approximate surface area is 136 Å². The molecule has 0 aromatic heterocycles. The van der Waals surface area contributed by atoms with Gasteiger partial charge in [0.25, 0.3) is 5.91 Å². The summed E-state index contributed by atoms with van der Waals surface area (Å²) in [5, 5.41) is 2.83. The fourth-order valence-electron chi connectivity index (χ4n) is 2.09. The van der Waals surface area contributed by atoms with Crippen LogP contribution in [0.15, 0.2) is 42.5 Å². The van der Waals surface area contributed by atoms with Gasteiger partial charge in [-0.15, -0.1) is 0 Å². The molecule has 5 heteroatoms. The van der Waals surface area contributed by atoms with Crippen LogP contribution in [0.4, 0.5) is 5.69 Å². The third kappa shape index (κ3) is 4.39. The van der Waals surface area contributed by atoms with Gasteiger partial charge in [-0.2, -0.15) is 0 Å². The van der Waals surface area contributed by atoms with Crippen LogP contribution in [0.5, 0.6) is 17.2 Å². The summed E-state index contributed by atoms with van der Waals surface area (Å²) >= 11 is 0. The smallest absolute Gasteiger partial charge is 0.265 e. The van der Waals surface area contributed by atoms with Gasteiger partial charge in [0.15, 0.2) is 6.10 Å². The molecule has 2 aromatic rings. The Bertz CT molecular complexity index is 684. The fourth-order valence-corrected chi connectivity index (χ4v) is 2.09. The Balaban J connectivity index is 2.06. The van der Waals surface area contributed by atoms with Gasteiger partial charge in [-0.3, -0.25) is 4.79 Å². The van der Waals surface area contributed by atoms with Crippen molar-refractivity contribution in [1.29, 1.82) is 0 Å². The molecule has 0 aliphatic heterocycles. The molecule has 1 amide bonds. The monoisotopic (exact) mass is 315 g/mol. The van der Waals surface area contributed by atoms with E-state index in [1.54, 1.807) is 33.3 Å². The first kappa shape index (κ1) is 16.7. The number of aryl methyl sites for hydroxylation is 1. The first-order valence-corrected chi connectivity index (χ1v) is 7.29. The quantitative estimate of drug-likeness (QED) is 0.887. The molecule has 2 rings (SSSR count). The van der Waals surface area contributed by atoms with Gasteiger partial charge in [-0.05, 0) is 43.7 Å². The van der Waals surface area contributed by atoms with Crippen molar-refractivity contribution in [3.63, 3.8) is 0 Å². The number of nitrogens with one attached hydrogen (secondary N) is 1. The Morgan fingerprint density at radius 2 is 1.78 bits per heavy atom. The van der Waals surface area contributed by atoms with E-state index in [1.807, 2.05) is 37.3 Å². The van der Waals surface area contributed by atoms with Crippen molar-refractivity contribution in [3.05, 3.63) is 48.0 Å². The summed E-state index contributed by atoms with van der Waals surface area (Å²) in [7, 11) is 3.15. The second-order valence-corrected chi connectivity index (χ2v) is 5.13. The molecule has 23 heavy (non-hydrogen) atoms. The average Bonchev–Trinajstić information content (AvgIpc) is 2.55. The van der Waals surface area contributed by atoms with Crippen molar-refractivity contribution < 1.29 is 19.0 Å². The first-order chi connectivity index (χ1) is 11.0. The SMILES string of the molecule is COc1cccc(O[C@@H](C)C(=O)Nc2cc(C)ccc2OC)c1. The molecule has 0 unspecified atom stereocenters. The molecule has 1 N–H and O–H groups in total. The maximum absolute atomic E-state index is 12.3. The number of hydrogen-bond donors (Lipinski definition) is 1. The molecule has 0 saturated heterocycles. The predicted octanol–water partition coefficient (Wildman–Crippen LogP) is 3.42. The number of anilines is 1. The molecule has 0 heterocycles. The Morgan fingerprint density at radius 1 is 1.04 bits per heavy atom. The molecule has 0 aliphatic carbocycles. The van der Waals surface area contributed by atoms with E-state index in [0.717, 1.165) is 5.56 Å². The summed E-state index contributed by atoms with van der Waals surface area (Å²) in [5.41, 5.74) is 1.65. The molecule has 2 aromatic carbocycles. The van der Waals surface area contributed by atoms with Gasteiger partial charge < -0.3 is 19.5 Å². The van der Waals surface area contributed by atoms with Crippen LogP contribution in [-0.2, 0) is 4.79 Å². The highest BCUT2D eigenvalue weighted by Gasteiger charge is 2.17. The van der Waals surface area contributed by atoms with Crippen molar-refractivity contribution in [2.24, 2.45) is 0 Å². The predicted molar refractivity (Wildman–Crippen MR) is 89.4 cm³/mol. The van der Waals surface area contributed by atoms with Crippen molar-refractivity contribution in [2.45, 2.75) is 20.0 Å². The van der Waals surface area contributed by atoms with E-state index in [-0.39, 0.29) is 5.91 Å². The van der Waals surface area contributed by atoms with Crippen LogP contribution in [-0.4, -0.2) is 26.2 Å². The molecule has 0 spiro atoms. The molecule has 5 nitrogen and oxygen atoms in total. The van der Waals surface area contributed by atoms with Crippen molar-refractivity contribution in [2.75, 3.05) is 19.5 Å². The maximum atomic E-state index is 12.3. The summed E-state index contributed by atoms with van der Waals surface area (Å²) in [6, 6.07) is 12.7. The van der Waals surface area contributed by atoms with E-state index in [1.165, 1.54) is 0 Å². The van der Waals surface area contributed by atoms with E-state index in [4.69, 9.17) is 14.2 Å². The van der Waals surface area contributed by atoms with Crippen molar-refractivity contribution in [1.82, 2.24) is 0 Å². The van der Waals surface area contributed by atoms with E-state index in [2.05, 4.69) is 5.32 Å². The van der Waals surface area contributed by atoms with Crippen LogP contribution < -0.4 is 19.5 Å². The highest BCUT2D eigenvalue weighted by Crippen LogP contribution is 2.26. The molecular weight excluding hydrogens is 294 g/mol. The minimum Gasteiger partial charge on any atom is -0.497 e. The van der Waals surface area contributed by atoms with E-state index in [0.29, 0.717) is 22.9 Å². The van der Waals surface area contributed by atoms with Gasteiger partial charge in [-0.1, -0.05) is 12.1 Å². The van der Waals surface area contributed by atoms with Gasteiger partial charge in [-0.25, -0.2) is 0 Å². The van der Waals surface area contributed by atoms with Crippen LogP contribution in [0.2, 0.25) is 0 Å². The number of carbonyl (C=O) groups is 1. The van der Waals surface area contributed by atoms with Gasteiger partial charge >= 0.3 is 0 Å². The first-order valence-electron chi connectivity index (χ1n) is 7.29. The number of carbonyl (C=O) groups excluding carboxylic acids is 1. The second-order valence-electron chi connectivity index (χ2n) is 5.13. The molecule has 0 aliphatic rings. The maximum Gasteiger partial charge on any atom is 0.265 e. The zero-order chi connectivity index (χ0) is 16.8. The Morgan fingerprint density at radius 3 is 2.48 bits per heavy atom. The van der Waals surface area contributed by atoms with Crippen LogP contribution in [0.25, 0.3) is 0 Å². The summed E-state index contributed by atoms with van der Waals surface area (Å²) in [6.45, 7) is 3.64. The molecule has 0 fully saturated rings. The Kier molecular flexibility index (Phi) is 5.46. The van der Waals surface area contributed by atoms with Gasteiger partial charge in [0, 0.05) is 6.07 Å². The molecule has 0 radical (unpaired) electrons. The lowest BCUT2D eigenvalue weighted by atomic mass is 10.2. The molecule has 1 atom stereocenters. The van der Waals surface area contributed by atoms with Crippen molar-refractivity contribution in [3.8, 4) is 17.2 Å². The van der Waals surface area contributed by atoms with E-state index < -0.39 is 6.10 Å². The molecule has 0 saturated carbocycles. The van der Waals surface area contributed by atoms with Gasteiger partial charge in [0.2, 0.25) is 0 Å². The zero-order valence-corrected chi connectivity index (χ0v) is 13.8. The number of benzene rings is 2. The lowest BCUT2D eigenvalue weighted by molar-refractivity contribution is -0.122. The number of amides is 1. The lowest BCUT2D eigenvalue weighted by Crippen LogP contribution is -2.30. The standard InChI is InChI=1S/C18H21NO4/c1-12-8-9-17(22-4)16(10-12)19-18(20)13(2)23-15-7-5-6-14(11-15)21-3/h5-11,13H,1-4H3,(H,19,20)/t13-/m0/s1. The second kappa shape index (κ2) is 7.54. The minimum atomic E-state index is -0.660. The van der Waals surface area contributed by atoms with Crippen LogP contribution in [0.1, 0.15) is 12.5 Å². The van der Waals surface area contributed by atoms with Crippen LogP contribution in [0, 0.1) is 6.92 Å². The molecule has 0 bridgehead atoms. The highest BCUT2D eigenvalue weighted by molar-refractivity contribution is 5.95. The highest BCUT2D eigenvalue weighted by atomic mass is 16.5. The summed E-state index contributed by atoms with van der Waals surface area (Å²) in [5.74, 6) is 1.60. The van der Waals surface area contributed by atoms with Gasteiger partial charge in [0.05, 0.1) is 19.9 Å². The number of hydrogen-bond acceptors (Lipinski definition) is 4. The fraction of sp³-hybridized carbons (Fsp3) is 0.278. The van der Waals surface area contributed by atoms with Crippen molar-refractivity contribution >= 4 is 11.6 Å². The number of methoxy groups -OCH3 is 2. The lowest BCUT2D eigenvalue weighted by Gasteiger charge is -2.17. The number of ether oxygens (including phenoxy) is 3. The molecular formula is C18H21NO4. The largest absolute Gasteiger partial charge is 0.497 e. The summed E-state index contributed by atoms with van der Waals surface area (Å²) in [6.07, 6.45) is -0.660. The summed E-state index contributed by atoms with van der Waals surface area (Å²) < 4.78 is 16.1. The molecule has 122 valence electrons. The zero-order valence-electron chi connectivity index (χ0n) is 13.8. The van der Waals surface area contributed by atoms with E-state index >= 15 is 0 Å². The van der Waals surface area contributed by atoms with Gasteiger partial charge in [0.1, 0.15) is 17.2 Å².